The third kappa shape index (κ3) is 3.99. The molecule has 1 aliphatic heterocycles. The van der Waals surface area contributed by atoms with Crippen molar-refractivity contribution in [2.24, 2.45) is 0 Å². The van der Waals surface area contributed by atoms with Crippen molar-refractivity contribution in [3.8, 4) is 5.69 Å². The van der Waals surface area contributed by atoms with Crippen LogP contribution in [0.15, 0.2) is 84.9 Å². The zero-order valence-electron chi connectivity index (χ0n) is 16.7. The van der Waals surface area contributed by atoms with Crippen LogP contribution in [-0.2, 0) is 16.3 Å². The van der Waals surface area contributed by atoms with Gasteiger partial charge >= 0.3 is 0 Å². The normalized spacial score (nSPS) is 12.7. The second-order valence-corrected chi connectivity index (χ2v) is 8.82. The molecule has 0 spiro atoms. The molecule has 2 heterocycles. The van der Waals surface area contributed by atoms with Crippen LogP contribution in [0.4, 0.5) is 5.82 Å². The van der Waals surface area contributed by atoms with Gasteiger partial charge in [-0.2, -0.15) is 16.9 Å². The zero-order chi connectivity index (χ0) is 21.2. The number of amides is 1. The molecule has 0 unspecified atom stereocenters. The molecule has 0 atom stereocenters. The number of aromatic nitrogens is 2. The highest BCUT2D eigenvalue weighted by Crippen LogP contribution is 2.37. The lowest BCUT2D eigenvalue weighted by Gasteiger charge is -2.19. The van der Waals surface area contributed by atoms with Crippen molar-refractivity contribution in [1.29, 1.82) is 0 Å². The van der Waals surface area contributed by atoms with Crippen molar-refractivity contribution in [2.45, 2.75) is 17.4 Å². The standard InChI is InChI=1S/C25H20ClN3OS/c26-19-12-7-13-20(14-19)29-24(21-15-31-16-22(21)28-29)27-25(30)23(17-8-3-1-4-9-17)18-10-5-2-6-11-18/h1-14,23H,15-16H2,(H,27,30). The summed E-state index contributed by atoms with van der Waals surface area (Å²) < 4.78 is 1.81. The van der Waals surface area contributed by atoms with Crippen molar-refractivity contribution in [3.05, 3.63) is 112 Å². The van der Waals surface area contributed by atoms with Gasteiger partial charge in [0.2, 0.25) is 5.91 Å². The number of carbonyl (C=O) groups excluding carboxylic acids is 1. The van der Waals surface area contributed by atoms with Gasteiger partial charge in [-0.15, -0.1) is 0 Å². The highest BCUT2D eigenvalue weighted by Gasteiger charge is 2.28. The summed E-state index contributed by atoms with van der Waals surface area (Å²) in [4.78, 5) is 13.7. The van der Waals surface area contributed by atoms with Crippen LogP contribution in [0.2, 0.25) is 5.02 Å². The zero-order valence-corrected chi connectivity index (χ0v) is 18.2. The Bertz CT molecular complexity index is 1180. The van der Waals surface area contributed by atoms with E-state index >= 15 is 0 Å². The molecule has 0 bridgehead atoms. The third-order valence-corrected chi connectivity index (χ3v) is 6.58. The Morgan fingerprint density at radius 3 is 2.26 bits per heavy atom. The van der Waals surface area contributed by atoms with Crippen molar-refractivity contribution in [2.75, 3.05) is 5.32 Å². The molecule has 4 aromatic rings. The lowest BCUT2D eigenvalue weighted by atomic mass is 9.90. The minimum absolute atomic E-state index is 0.0831. The fourth-order valence-electron chi connectivity index (χ4n) is 3.91. The van der Waals surface area contributed by atoms with Gasteiger partial charge in [-0.25, -0.2) is 4.68 Å². The summed E-state index contributed by atoms with van der Waals surface area (Å²) in [5.41, 5.74) is 4.82. The molecule has 154 valence electrons. The number of fused-ring (bicyclic) bond motifs is 1. The van der Waals surface area contributed by atoms with Gasteiger partial charge in [0.1, 0.15) is 5.82 Å². The Morgan fingerprint density at radius 2 is 1.61 bits per heavy atom. The smallest absolute Gasteiger partial charge is 0.237 e. The predicted molar refractivity (Wildman–Crippen MR) is 127 cm³/mol. The lowest BCUT2D eigenvalue weighted by Crippen LogP contribution is -2.24. The van der Waals surface area contributed by atoms with E-state index in [0.717, 1.165) is 45.4 Å². The van der Waals surface area contributed by atoms with Crippen LogP contribution in [0.1, 0.15) is 28.3 Å². The summed E-state index contributed by atoms with van der Waals surface area (Å²) in [7, 11) is 0. The third-order valence-electron chi connectivity index (χ3n) is 5.37. The van der Waals surface area contributed by atoms with E-state index in [2.05, 4.69) is 5.32 Å². The maximum atomic E-state index is 13.7. The minimum Gasteiger partial charge on any atom is -0.309 e. The minimum atomic E-state index is -0.421. The van der Waals surface area contributed by atoms with E-state index in [0.29, 0.717) is 5.02 Å². The lowest BCUT2D eigenvalue weighted by molar-refractivity contribution is -0.116. The Morgan fingerprint density at radius 1 is 0.935 bits per heavy atom. The Kier molecular flexibility index (Phi) is 5.53. The second-order valence-electron chi connectivity index (χ2n) is 7.40. The molecule has 0 fully saturated rings. The van der Waals surface area contributed by atoms with Gasteiger partial charge in [0.15, 0.2) is 0 Å². The van der Waals surface area contributed by atoms with Crippen LogP contribution < -0.4 is 5.32 Å². The fourth-order valence-corrected chi connectivity index (χ4v) is 5.13. The summed E-state index contributed by atoms with van der Waals surface area (Å²) in [6.07, 6.45) is 0. The molecule has 0 radical (unpaired) electrons. The highest BCUT2D eigenvalue weighted by atomic mass is 35.5. The molecule has 0 saturated carbocycles. The Labute approximate surface area is 190 Å². The van der Waals surface area contributed by atoms with Gasteiger partial charge in [-0.1, -0.05) is 78.3 Å². The van der Waals surface area contributed by atoms with Crippen molar-refractivity contribution in [1.82, 2.24) is 9.78 Å². The van der Waals surface area contributed by atoms with E-state index in [1.165, 1.54) is 0 Å². The summed E-state index contributed by atoms with van der Waals surface area (Å²) in [5.74, 6) is 1.89. The van der Waals surface area contributed by atoms with Crippen LogP contribution in [-0.4, -0.2) is 15.7 Å². The number of hydrogen-bond donors (Lipinski definition) is 1. The number of carbonyl (C=O) groups is 1. The van der Waals surface area contributed by atoms with E-state index < -0.39 is 5.92 Å². The van der Waals surface area contributed by atoms with Crippen LogP contribution in [0, 0.1) is 0 Å². The number of benzene rings is 3. The summed E-state index contributed by atoms with van der Waals surface area (Å²) in [6.45, 7) is 0. The quantitative estimate of drug-likeness (QED) is 0.407. The van der Waals surface area contributed by atoms with E-state index in [1.807, 2.05) is 84.9 Å². The molecule has 1 aliphatic rings. The molecule has 1 N–H and O–H groups in total. The number of rotatable bonds is 5. The van der Waals surface area contributed by atoms with Gasteiger partial charge in [0.25, 0.3) is 0 Å². The first-order valence-electron chi connectivity index (χ1n) is 10.1. The van der Waals surface area contributed by atoms with E-state index in [9.17, 15) is 4.79 Å². The van der Waals surface area contributed by atoms with Gasteiger partial charge < -0.3 is 5.32 Å². The number of nitrogens with zero attached hydrogens (tertiary/aromatic N) is 2. The number of nitrogens with one attached hydrogen (secondary N) is 1. The number of thioether (sulfide) groups is 1. The molecule has 1 amide bonds. The van der Waals surface area contributed by atoms with E-state index in [1.54, 1.807) is 16.4 Å². The maximum absolute atomic E-state index is 13.7. The van der Waals surface area contributed by atoms with Crippen LogP contribution in [0.25, 0.3) is 5.69 Å². The van der Waals surface area contributed by atoms with Crippen molar-refractivity contribution in [3.63, 3.8) is 0 Å². The van der Waals surface area contributed by atoms with Gasteiger partial charge in [0.05, 0.1) is 17.3 Å². The molecular weight excluding hydrogens is 426 g/mol. The molecule has 0 saturated heterocycles. The average Bonchev–Trinajstić information content (AvgIpc) is 3.38. The van der Waals surface area contributed by atoms with E-state index in [-0.39, 0.29) is 5.91 Å². The van der Waals surface area contributed by atoms with Crippen molar-refractivity contribution < 1.29 is 4.79 Å². The topological polar surface area (TPSA) is 46.9 Å². The average molecular weight is 446 g/mol. The molecule has 4 nitrogen and oxygen atoms in total. The number of anilines is 1. The molecular formula is C25H20ClN3OS. The largest absolute Gasteiger partial charge is 0.309 e. The molecule has 3 aromatic carbocycles. The fraction of sp³-hybridized carbons (Fsp3) is 0.120. The monoisotopic (exact) mass is 445 g/mol. The van der Waals surface area contributed by atoms with Crippen molar-refractivity contribution >= 4 is 35.1 Å². The van der Waals surface area contributed by atoms with Gasteiger partial charge in [-0.3, -0.25) is 4.79 Å². The summed E-state index contributed by atoms with van der Waals surface area (Å²) >= 11 is 8.03. The number of hydrogen-bond acceptors (Lipinski definition) is 3. The first-order valence-corrected chi connectivity index (χ1v) is 11.6. The molecule has 0 aliphatic carbocycles. The van der Waals surface area contributed by atoms with Gasteiger partial charge in [0, 0.05) is 22.1 Å². The summed E-state index contributed by atoms with van der Waals surface area (Å²) in [6, 6.07) is 27.3. The van der Waals surface area contributed by atoms with Gasteiger partial charge in [-0.05, 0) is 29.3 Å². The van der Waals surface area contributed by atoms with E-state index in [4.69, 9.17) is 16.7 Å². The highest BCUT2D eigenvalue weighted by molar-refractivity contribution is 7.98. The molecule has 31 heavy (non-hydrogen) atoms. The first kappa shape index (κ1) is 19.9. The maximum Gasteiger partial charge on any atom is 0.237 e. The molecule has 5 rings (SSSR count). The predicted octanol–water partition coefficient (Wildman–Crippen LogP) is 6.04. The first-order chi connectivity index (χ1) is 15.2. The SMILES string of the molecule is O=C(Nc1c2c(nn1-c1cccc(Cl)c1)CSC2)C(c1ccccc1)c1ccccc1. The molecule has 6 heteroatoms. The van der Waals surface area contributed by atoms with Crippen LogP contribution in [0.5, 0.6) is 0 Å². The summed E-state index contributed by atoms with van der Waals surface area (Å²) in [5, 5.41) is 8.62. The van der Waals surface area contributed by atoms with Crippen LogP contribution >= 0.6 is 23.4 Å². The van der Waals surface area contributed by atoms with Crippen LogP contribution in [0.3, 0.4) is 0 Å². The Hall–Kier alpha value is -3.02. The Balaban J connectivity index is 1.56. The number of halogens is 1. The second kappa shape index (κ2) is 8.61. The molecule has 1 aromatic heterocycles.